The number of carbonyl (C=O) groups is 1. The summed E-state index contributed by atoms with van der Waals surface area (Å²) in [7, 11) is -4.87. The molecule has 0 atom stereocenters. The second-order valence-corrected chi connectivity index (χ2v) is 7.91. The van der Waals surface area contributed by atoms with Gasteiger partial charge in [0.15, 0.2) is 0 Å². The molecule has 1 heterocycles. The number of benzene rings is 1. The minimum Gasteiger partial charge on any atom is -0.325 e. The Hall–Kier alpha value is -3.06. The third-order valence-electron chi connectivity index (χ3n) is 4.22. The highest BCUT2D eigenvalue weighted by atomic mass is 32.2. The number of pyridine rings is 1. The number of alkyl halides is 2. The second kappa shape index (κ2) is 8.31. The smallest absolute Gasteiger partial charge is 0.325 e. The molecule has 7 nitrogen and oxygen atoms in total. The lowest BCUT2D eigenvalue weighted by molar-refractivity contribution is -0.116. The van der Waals surface area contributed by atoms with Gasteiger partial charge in [-0.05, 0) is 43.5 Å². The maximum Gasteiger partial charge on any atom is 0.341 e. The van der Waals surface area contributed by atoms with E-state index in [9.17, 15) is 26.8 Å². The molecule has 28 heavy (non-hydrogen) atoms. The Balaban J connectivity index is 2.23. The van der Waals surface area contributed by atoms with Crippen LogP contribution in [0.15, 0.2) is 34.0 Å². The van der Waals surface area contributed by atoms with Crippen molar-refractivity contribution in [1.29, 1.82) is 5.26 Å². The van der Waals surface area contributed by atoms with Crippen molar-refractivity contribution < 1.29 is 22.0 Å². The highest BCUT2D eigenvalue weighted by Crippen LogP contribution is 2.26. The first kappa shape index (κ1) is 21.2. The summed E-state index contributed by atoms with van der Waals surface area (Å²) in [6.45, 7) is 3.23. The predicted molar refractivity (Wildman–Crippen MR) is 97.8 cm³/mol. The van der Waals surface area contributed by atoms with Crippen LogP contribution in [0.2, 0.25) is 0 Å². The number of carbonyl (C=O) groups excluding carboxylic acids is 1. The number of aromatic nitrogens is 1. The topological polar surface area (TPSA) is 120 Å². The van der Waals surface area contributed by atoms with Gasteiger partial charge in [-0.3, -0.25) is 9.59 Å². The van der Waals surface area contributed by atoms with E-state index < -0.39 is 32.0 Å². The summed E-state index contributed by atoms with van der Waals surface area (Å²) in [4.78, 5) is 25.9. The Morgan fingerprint density at radius 1 is 1.29 bits per heavy atom. The molecule has 0 saturated heterocycles. The molecule has 1 aromatic heterocycles. The van der Waals surface area contributed by atoms with Gasteiger partial charge < -0.3 is 10.3 Å². The minimum absolute atomic E-state index is 0.0469. The van der Waals surface area contributed by atoms with Crippen molar-refractivity contribution in [2.45, 2.75) is 37.3 Å². The van der Waals surface area contributed by atoms with Crippen molar-refractivity contribution in [3.8, 4) is 6.07 Å². The summed E-state index contributed by atoms with van der Waals surface area (Å²) < 4.78 is 49.1. The lowest BCUT2D eigenvalue weighted by Crippen LogP contribution is -2.20. The van der Waals surface area contributed by atoms with Crippen LogP contribution >= 0.6 is 0 Å². The van der Waals surface area contributed by atoms with Crippen LogP contribution < -0.4 is 10.9 Å². The summed E-state index contributed by atoms with van der Waals surface area (Å²) in [5, 5.41) is 11.4. The molecule has 0 bridgehead atoms. The zero-order valence-corrected chi connectivity index (χ0v) is 15.9. The highest BCUT2D eigenvalue weighted by molar-refractivity contribution is 7.91. The van der Waals surface area contributed by atoms with Gasteiger partial charge in [-0.2, -0.15) is 14.0 Å². The predicted octanol–water partition coefficient (Wildman–Crippen LogP) is 2.43. The van der Waals surface area contributed by atoms with E-state index in [1.807, 2.05) is 6.07 Å². The molecule has 1 aromatic carbocycles. The van der Waals surface area contributed by atoms with Crippen LogP contribution in [0, 0.1) is 25.2 Å². The van der Waals surface area contributed by atoms with E-state index in [0.717, 1.165) is 6.07 Å². The van der Waals surface area contributed by atoms with Crippen molar-refractivity contribution in [1.82, 2.24) is 4.98 Å². The van der Waals surface area contributed by atoms with Crippen molar-refractivity contribution in [2.75, 3.05) is 5.32 Å². The van der Waals surface area contributed by atoms with E-state index in [-0.39, 0.29) is 24.1 Å². The maximum atomic E-state index is 12.8. The van der Waals surface area contributed by atoms with Gasteiger partial charge in [0.2, 0.25) is 15.7 Å². The molecule has 0 spiro atoms. The molecule has 2 aromatic rings. The summed E-state index contributed by atoms with van der Waals surface area (Å²) in [6, 6.07) is 6.71. The monoisotopic (exact) mass is 409 g/mol. The molecule has 2 N–H and O–H groups in total. The Bertz CT molecular complexity index is 1120. The van der Waals surface area contributed by atoms with E-state index in [4.69, 9.17) is 5.26 Å². The van der Waals surface area contributed by atoms with Crippen LogP contribution in [0.1, 0.15) is 28.8 Å². The number of amides is 1. The molecule has 0 fully saturated rings. The van der Waals surface area contributed by atoms with Crippen molar-refractivity contribution in [2.24, 2.45) is 0 Å². The number of nitriles is 1. The molecular weight excluding hydrogens is 392 g/mol. The average Bonchev–Trinajstić information content (AvgIpc) is 2.61. The number of aromatic amines is 1. The Morgan fingerprint density at radius 3 is 2.54 bits per heavy atom. The molecule has 0 saturated carbocycles. The zero-order valence-electron chi connectivity index (χ0n) is 15.0. The van der Waals surface area contributed by atoms with Gasteiger partial charge in [-0.1, -0.05) is 12.1 Å². The molecule has 0 aliphatic carbocycles. The maximum absolute atomic E-state index is 12.8. The van der Waals surface area contributed by atoms with Gasteiger partial charge in [0.25, 0.3) is 5.56 Å². The van der Waals surface area contributed by atoms with Gasteiger partial charge in [-0.25, -0.2) is 8.42 Å². The lowest BCUT2D eigenvalue weighted by Gasteiger charge is -2.13. The van der Waals surface area contributed by atoms with E-state index in [1.165, 1.54) is 18.2 Å². The lowest BCUT2D eigenvalue weighted by atomic mass is 9.99. The summed E-state index contributed by atoms with van der Waals surface area (Å²) in [6.07, 6.45) is 0.0559. The van der Waals surface area contributed by atoms with Crippen LogP contribution in [0.5, 0.6) is 0 Å². The number of anilines is 1. The Morgan fingerprint density at radius 2 is 1.93 bits per heavy atom. The average molecular weight is 409 g/mol. The highest BCUT2D eigenvalue weighted by Gasteiger charge is 2.29. The Kier molecular flexibility index (Phi) is 6.30. The Labute approximate surface area is 159 Å². The minimum atomic E-state index is -4.87. The van der Waals surface area contributed by atoms with Crippen LogP contribution in [-0.2, 0) is 21.1 Å². The van der Waals surface area contributed by atoms with Crippen LogP contribution in [0.25, 0.3) is 0 Å². The second-order valence-electron chi connectivity index (χ2n) is 6.02. The molecule has 0 aliphatic rings. The zero-order chi connectivity index (χ0) is 21.1. The molecule has 148 valence electrons. The number of nitrogens with zero attached hydrogens (tertiary/aromatic N) is 1. The summed E-state index contributed by atoms with van der Waals surface area (Å²) in [5.41, 5.74) is 0.777. The third kappa shape index (κ3) is 4.26. The first-order valence-electron chi connectivity index (χ1n) is 8.13. The fourth-order valence-electron chi connectivity index (χ4n) is 2.79. The van der Waals surface area contributed by atoms with Crippen LogP contribution in [0.3, 0.4) is 0 Å². The molecule has 0 aliphatic heterocycles. The fourth-order valence-corrected chi connectivity index (χ4v) is 3.67. The SMILES string of the molecule is Cc1[nH]c(=O)c(C#N)c(C)c1CCC(=O)Nc1ccccc1S(=O)(=O)C(F)F. The molecular formula is C18H17F2N3O4S. The number of rotatable bonds is 6. The van der Waals surface area contributed by atoms with Crippen molar-refractivity contribution >= 4 is 21.4 Å². The van der Waals surface area contributed by atoms with E-state index >= 15 is 0 Å². The molecule has 2 rings (SSSR count). The number of nitrogens with one attached hydrogen (secondary N) is 2. The van der Waals surface area contributed by atoms with Gasteiger partial charge in [-0.15, -0.1) is 0 Å². The number of hydrogen-bond donors (Lipinski definition) is 2. The number of sulfone groups is 1. The van der Waals surface area contributed by atoms with Crippen LogP contribution in [-0.4, -0.2) is 25.1 Å². The standard InChI is InChI=1S/C18H17F2N3O4S/c1-10-12(11(2)22-17(25)13(10)9-21)7-8-16(24)23-14-5-3-4-6-15(14)28(26,27)18(19)20/h3-6,18H,7-8H2,1-2H3,(H,22,25)(H,23,24). The normalized spacial score (nSPS) is 11.3. The summed E-state index contributed by atoms with van der Waals surface area (Å²) >= 11 is 0. The fraction of sp³-hybridized carbons (Fsp3) is 0.278. The molecule has 10 heteroatoms. The number of aryl methyl sites for hydroxylation is 1. The van der Waals surface area contributed by atoms with Gasteiger partial charge in [0.05, 0.1) is 10.6 Å². The van der Waals surface area contributed by atoms with E-state index in [2.05, 4.69) is 10.3 Å². The van der Waals surface area contributed by atoms with Crippen molar-refractivity contribution in [3.05, 3.63) is 57.0 Å². The molecule has 1 amide bonds. The van der Waals surface area contributed by atoms with E-state index in [0.29, 0.717) is 16.8 Å². The largest absolute Gasteiger partial charge is 0.341 e. The number of hydrogen-bond acceptors (Lipinski definition) is 5. The summed E-state index contributed by atoms with van der Waals surface area (Å²) in [5.74, 6) is -4.21. The number of H-pyrrole nitrogens is 1. The first-order chi connectivity index (χ1) is 13.1. The van der Waals surface area contributed by atoms with Gasteiger partial charge in [0, 0.05) is 12.1 Å². The van der Waals surface area contributed by atoms with Gasteiger partial charge in [0.1, 0.15) is 11.6 Å². The molecule has 0 radical (unpaired) electrons. The van der Waals surface area contributed by atoms with E-state index in [1.54, 1.807) is 13.8 Å². The van der Waals surface area contributed by atoms with Crippen molar-refractivity contribution in [3.63, 3.8) is 0 Å². The number of para-hydroxylation sites is 1. The first-order valence-corrected chi connectivity index (χ1v) is 9.67. The third-order valence-corrected chi connectivity index (χ3v) is 5.66. The van der Waals surface area contributed by atoms with Crippen LogP contribution in [0.4, 0.5) is 14.5 Å². The quantitative estimate of drug-likeness (QED) is 0.759. The molecule has 0 unspecified atom stereocenters. The number of halogens is 2. The van der Waals surface area contributed by atoms with Gasteiger partial charge >= 0.3 is 5.76 Å².